The van der Waals surface area contributed by atoms with E-state index in [1.807, 2.05) is 20.8 Å². The number of aryl methyl sites for hydroxylation is 1. The molecule has 0 saturated carbocycles. The Hall–Kier alpha value is -3.24. The molecule has 0 aliphatic heterocycles. The molecule has 1 N–H and O–H groups in total. The van der Waals surface area contributed by atoms with Crippen LogP contribution in [-0.2, 0) is 26.2 Å². The molecule has 10 heteroatoms. The first kappa shape index (κ1) is 30.3. The van der Waals surface area contributed by atoms with Gasteiger partial charge in [-0.05, 0) is 73.9 Å². The normalized spacial score (nSPS) is 12.2. The number of nitrogens with one attached hydrogen (secondary N) is 1. The quantitative estimate of drug-likeness (QED) is 0.317. The molecule has 39 heavy (non-hydrogen) atoms. The van der Waals surface area contributed by atoms with Crippen LogP contribution in [0.15, 0.2) is 82.2 Å². The number of amides is 2. The number of nitrogens with zero attached hydrogens (tertiary/aromatic N) is 2. The highest BCUT2D eigenvalue weighted by atomic mass is 79.9. The van der Waals surface area contributed by atoms with E-state index >= 15 is 0 Å². The van der Waals surface area contributed by atoms with Crippen LogP contribution in [0.2, 0.25) is 0 Å². The van der Waals surface area contributed by atoms with Crippen molar-refractivity contribution in [2.75, 3.05) is 17.4 Å². The topological polar surface area (TPSA) is 86.8 Å². The first-order valence-electron chi connectivity index (χ1n) is 12.5. The van der Waals surface area contributed by atoms with E-state index in [0.717, 1.165) is 14.3 Å². The van der Waals surface area contributed by atoms with Gasteiger partial charge in [0.15, 0.2) is 0 Å². The van der Waals surface area contributed by atoms with Crippen molar-refractivity contribution in [1.82, 2.24) is 10.2 Å². The Morgan fingerprint density at radius 2 is 1.51 bits per heavy atom. The summed E-state index contributed by atoms with van der Waals surface area (Å²) in [5.41, 5.74) is 1.79. The Balaban J connectivity index is 2.00. The lowest BCUT2D eigenvalue weighted by atomic mass is 10.1. The Kier molecular flexibility index (Phi) is 10.3. The van der Waals surface area contributed by atoms with E-state index < -0.39 is 34.3 Å². The number of hydrogen-bond acceptors (Lipinski definition) is 4. The number of hydrogen-bond donors (Lipinski definition) is 1. The fraction of sp³-hybridized carbons (Fsp3) is 0.310. The third-order valence-corrected chi connectivity index (χ3v) is 8.44. The van der Waals surface area contributed by atoms with Gasteiger partial charge in [0.05, 0.1) is 10.6 Å². The Labute approximate surface area is 238 Å². The van der Waals surface area contributed by atoms with Crippen LogP contribution in [0.4, 0.5) is 10.1 Å². The van der Waals surface area contributed by atoms with Crippen LogP contribution in [0.25, 0.3) is 0 Å². The largest absolute Gasteiger partial charge is 0.354 e. The van der Waals surface area contributed by atoms with Crippen molar-refractivity contribution in [3.63, 3.8) is 0 Å². The summed E-state index contributed by atoms with van der Waals surface area (Å²) in [6.07, 6.45) is 0. The Morgan fingerprint density at radius 1 is 0.923 bits per heavy atom. The van der Waals surface area contributed by atoms with Crippen LogP contribution in [-0.4, -0.2) is 44.3 Å². The molecule has 0 aliphatic rings. The van der Waals surface area contributed by atoms with Crippen LogP contribution < -0.4 is 9.62 Å². The highest BCUT2D eigenvalue weighted by molar-refractivity contribution is 9.10. The lowest BCUT2D eigenvalue weighted by Crippen LogP contribution is -2.51. The highest BCUT2D eigenvalue weighted by Gasteiger charge is 2.32. The zero-order valence-corrected chi connectivity index (χ0v) is 24.8. The van der Waals surface area contributed by atoms with Gasteiger partial charge in [-0.1, -0.05) is 59.6 Å². The van der Waals surface area contributed by atoms with E-state index in [0.29, 0.717) is 17.8 Å². The number of carbonyl (C=O) groups excluding carboxylic acids is 2. The zero-order valence-electron chi connectivity index (χ0n) is 22.4. The number of anilines is 1. The van der Waals surface area contributed by atoms with Gasteiger partial charge < -0.3 is 10.2 Å². The summed E-state index contributed by atoms with van der Waals surface area (Å²) in [7, 11) is -4.14. The average Bonchev–Trinajstić information content (AvgIpc) is 2.90. The lowest BCUT2D eigenvalue weighted by Gasteiger charge is -2.32. The predicted octanol–water partition coefficient (Wildman–Crippen LogP) is 5.28. The third-order valence-electron chi connectivity index (χ3n) is 6.12. The molecule has 0 unspecified atom stereocenters. The summed E-state index contributed by atoms with van der Waals surface area (Å²) in [5.74, 6) is -1.17. The second-order valence-electron chi connectivity index (χ2n) is 9.76. The first-order valence-corrected chi connectivity index (χ1v) is 14.8. The van der Waals surface area contributed by atoms with Crippen molar-refractivity contribution in [2.45, 2.75) is 45.2 Å². The molecule has 0 fully saturated rings. The lowest BCUT2D eigenvalue weighted by molar-refractivity contribution is -0.139. The van der Waals surface area contributed by atoms with Crippen LogP contribution in [0.5, 0.6) is 0 Å². The van der Waals surface area contributed by atoms with Gasteiger partial charge >= 0.3 is 0 Å². The summed E-state index contributed by atoms with van der Waals surface area (Å²) >= 11 is 3.36. The summed E-state index contributed by atoms with van der Waals surface area (Å²) in [5, 5.41) is 2.83. The second kappa shape index (κ2) is 13.2. The summed E-state index contributed by atoms with van der Waals surface area (Å²) in [6, 6.07) is 17.7. The van der Waals surface area contributed by atoms with Crippen LogP contribution in [0.3, 0.4) is 0 Å². The molecular formula is C29H33BrFN3O4S. The van der Waals surface area contributed by atoms with Crippen LogP contribution >= 0.6 is 15.9 Å². The monoisotopic (exact) mass is 617 g/mol. The molecule has 1 atom stereocenters. The van der Waals surface area contributed by atoms with E-state index in [4.69, 9.17) is 0 Å². The number of halogens is 2. The maximum atomic E-state index is 13.8. The molecule has 3 rings (SSSR count). The molecule has 0 heterocycles. The van der Waals surface area contributed by atoms with Crippen LogP contribution in [0, 0.1) is 18.7 Å². The molecule has 7 nitrogen and oxygen atoms in total. The fourth-order valence-electron chi connectivity index (χ4n) is 3.80. The van der Waals surface area contributed by atoms with Crippen molar-refractivity contribution in [1.29, 1.82) is 0 Å². The summed E-state index contributed by atoms with van der Waals surface area (Å²) < 4.78 is 42.9. The maximum Gasteiger partial charge on any atom is 0.264 e. The van der Waals surface area contributed by atoms with Gasteiger partial charge in [0.25, 0.3) is 10.0 Å². The minimum absolute atomic E-state index is 0.00582. The molecule has 3 aromatic carbocycles. The molecule has 3 aromatic rings. The van der Waals surface area contributed by atoms with Gasteiger partial charge in [-0.2, -0.15) is 0 Å². The Morgan fingerprint density at radius 3 is 2.08 bits per heavy atom. The van der Waals surface area contributed by atoms with Gasteiger partial charge in [0.2, 0.25) is 11.8 Å². The fourth-order valence-corrected chi connectivity index (χ4v) is 5.47. The summed E-state index contributed by atoms with van der Waals surface area (Å²) in [4.78, 5) is 28.2. The summed E-state index contributed by atoms with van der Waals surface area (Å²) in [6.45, 7) is 7.24. The minimum atomic E-state index is -4.14. The molecule has 0 spiro atoms. The van der Waals surface area contributed by atoms with Crippen molar-refractivity contribution >= 4 is 43.5 Å². The zero-order chi connectivity index (χ0) is 28.7. The highest BCUT2D eigenvalue weighted by Crippen LogP contribution is 2.26. The second-order valence-corrected chi connectivity index (χ2v) is 12.5. The maximum absolute atomic E-state index is 13.8. The number of benzene rings is 3. The van der Waals surface area contributed by atoms with Gasteiger partial charge in [0.1, 0.15) is 18.4 Å². The molecule has 0 radical (unpaired) electrons. The Bertz CT molecular complexity index is 1380. The number of carbonyl (C=O) groups is 2. The standard InChI is InChI=1S/C29H33BrFN3O4S/c1-20(2)17-32-29(36)22(4)33(18-23-7-11-25(31)12-8-23)28(35)19-34(26-13-9-24(30)10-14-26)39(37,38)27-15-5-21(3)6-16-27/h5-16,20,22H,17-19H2,1-4H3,(H,32,36)/t22-/m1/s1. The van der Waals surface area contributed by atoms with E-state index in [1.54, 1.807) is 43.3 Å². The smallest absolute Gasteiger partial charge is 0.264 e. The van der Waals surface area contributed by atoms with E-state index in [1.165, 1.54) is 41.3 Å². The predicted molar refractivity (Wildman–Crippen MR) is 154 cm³/mol. The van der Waals surface area contributed by atoms with E-state index in [2.05, 4.69) is 21.2 Å². The number of rotatable bonds is 11. The third kappa shape index (κ3) is 8.12. The minimum Gasteiger partial charge on any atom is -0.354 e. The first-order chi connectivity index (χ1) is 18.4. The van der Waals surface area contributed by atoms with Gasteiger partial charge in [-0.3, -0.25) is 13.9 Å². The average molecular weight is 619 g/mol. The molecule has 2 amide bonds. The molecule has 208 valence electrons. The molecule has 0 aliphatic carbocycles. The number of sulfonamides is 1. The molecular weight excluding hydrogens is 585 g/mol. The van der Waals surface area contributed by atoms with Crippen molar-refractivity contribution in [2.24, 2.45) is 5.92 Å². The van der Waals surface area contributed by atoms with E-state index in [9.17, 15) is 22.4 Å². The molecule has 0 saturated heterocycles. The van der Waals surface area contributed by atoms with Crippen molar-refractivity contribution in [3.05, 3.63) is 94.2 Å². The van der Waals surface area contributed by atoms with Gasteiger partial charge in [-0.25, -0.2) is 12.8 Å². The van der Waals surface area contributed by atoms with Crippen LogP contribution in [0.1, 0.15) is 31.9 Å². The van der Waals surface area contributed by atoms with Crippen molar-refractivity contribution in [3.8, 4) is 0 Å². The van der Waals surface area contributed by atoms with E-state index in [-0.39, 0.29) is 23.3 Å². The molecule has 0 aromatic heterocycles. The SMILES string of the molecule is Cc1ccc(S(=O)(=O)N(CC(=O)N(Cc2ccc(F)cc2)[C@H](C)C(=O)NCC(C)C)c2ccc(Br)cc2)cc1. The van der Waals surface area contributed by atoms with Gasteiger partial charge in [0, 0.05) is 17.6 Å². The van der Waals surface area contributed by atoms with Gasteiger partial charge in [-0.15, -0.1) is 0 Å². The van der Waals surface area contributed by atoms with Crippen molar-refractivity contribution < 1.29 is 22.4 Å². The molecule has 0 bridgehead atoms.